The normalized spacial score (nSPS) is 14.2. The van der Waals surface area contributed by atoms with Crippen molar-refractivity contribution in [3.63, 3.8) is 0 Å². The summed E-state index contributed by atoms with van der Waals surface area (Å²) in [5.74, 6) is -1.63. The number of aryl methyl sites for hydroxylation is 1. The molecule has 2 amide bonds. The summed E-state index contributed by atoms with van der Waals surface area (Å²) in [4.78, 5) is 30.2. The maximum Gasteiger partial charge on any atom is 0.257 e. The van der Waals surface area contributed by atoms with Crippen molar-refractivity contribution in [1.29, 1.82) is 0 Å². The molecule has 0 radical (unpaired) electrons. The molecule has 0 atom stereocenters. The number of pyridine rings is 1. The van der Waals surface area contributed by atoms with E-state index in [9.17, 15) is 14.0 Å². The Bertz CT molecular complexity index is 850. The van der Waals surface area contributed by atoms with Gasteiger partial charge in [0.2, 0.25) is 0 Å². The summed E-state index contributed by atoms with van der Waals surface area (Å²) >= 11 is 0. The van der Waals surface area contributed by atoms with Gasteiger partial charge in [-0.3, -0.25) is 14.6 Å². The summed E-state index contributed by atoms with van der Waals surface area (Å²) < 4.78 is 19.1. The zero-order valence-corrected chi connectivity index (χ0v) is 14.3. The Morgan fingerprint density at radius 2 is 1.96 bits per heavy atom. The van der Waals surface area contributed by atoms with E-state index in [1.165, 1.54) is 24.4 Å². The SMILES string of the molecule is Cc1ncc(NC(=O)c2cc(F)ccc2N2CCOCC2)cc1C(N)=O. The van der Waals surface area contributed by atoms with Crippen LogP contribution in [0.15, 0.2) is 30.5 Å². The zero-order valence-electron chi connectivity index (χ0n) is 14.3. The van der Waals surface area contributed by atoms with Crippen LogP contribution in [-0.4, -0.2) is 43.1 Å². The molecule has 1 saturated heterocycles. The van der Waals surface area contributed by atoms with Gasteiger partial charge in [0.05, 0.1) is 41.9 Å². The minimum Gasteiger partial charge on any atom is -0.378 e. The lowest BCUT2D eigenvalue weighted by atomic mass is 10.1. The Labute approximate surface area is 150 Å². The highest BCUT2D eigenvalue weighted by Gasteiger charge is 2.20. The topological polar surface area (TPSA) is 97.6 Å². The van der Waals surface area contributed by atoms with Crippen LogP contribution in [0, 0.1) is 12.7 Å². The Kier molecular flexibility index (Phi) is 5.13. The first kappa shape index (κ1) is 17.8. The third-order valence-electron chi connectivity index (χ3n) is 4.17. The van der Waals surface area contributed by atoms with Crippen molar-refractivity contribution in [3.05, 3.63) is 53.1 Å². The Balaban J connectivity index is 1.89. The van der Waals surface area contributed by atoms with Gasteiger partial charge in [-0.05, 0) is 31.2 Å². The predicted molar refractivity (Wildman–Crippen MR) is 94.9 cm³/mol. The highest BCUT2D eigenvalue weighted by molar-refractivity contribution is 6.08. The van der Waals surface area contributed by atoms with Crippen LogP contribution in [-0.2, 0) is 4.74 Å². The third kappa shape index (κ3) is 3.80. The number of hydrogen-bond acceptors (Lipinski definition) is 5. The first-order valence-electron chi connectivity index (χ1n) is 8.16. The molecule has 0 aliphatic carbocycles. The number of benzene rings is 1. The highest BCUT2D eigenvalue weighted by atomic mass is 19.1. The standard InChI is InChI=1S/C18H19FN4O3/c1-11-14(17(20)24)9-13(10-21-11)22-18(25)15-8-12(19)2-3-16(15)23-4-6-26-7-5-23/h2-3,8-10H,4-7H2,1H3,(H2,20,24)(H,22,25). The highest BCUT2D eigenvalue weighted by Crippen LogP contribution is 2.24. The van der Waals surface area contributed by atoms with Crippen LogP contribution in [0.1, 0.15) is 26.4 Å². The fourth-order valence-electron chi connectivity index (χ4n) is 2.82. The number of nitrogens with one attached hydrogen (secondary N) is 1. The lowest BCUT2D eigenvalue weighted by Crippen LogP contribution is -2.37. The lowest BCUT2D eigenvalue weighted by Gasteiger charge is -2.30. The van der Waals surface area contributed by atoms with Crippen molar-refractivity contribution >= 4 is 23.2 Å². The zero-order chi connectivity index (χ0) is 18.7. The second kappa shape index (κ2) is 7.49. The molecule has 1 aromatic carbocycles. The van der Waals surface area contributed by atoms with Crippen LogP contribution < -0.4 is 16.0 Å². The number of primary amides is 1. The van der Waals surface area contributed by atoms with E-state index in [-0.39, 0.29) is 11.1 Å². The van der Waals surface area contributed by atoms with Gasteiger partial charge in [-0.2, -0.15) is 0 Å². The second-order valence-electron chi connectivity index (χ2n) is 5.94. The number of halogens is 1. The maximum atomic E-state index is 13.7. The molecule has 2 heterocycles. The van der Waals surface area contributed by atoms with E-state index in [2.05, 4.69) is 10.3 Å². The van der Waals surface area contributed by atoms with Crippen molar-refractivity contribution in [1.82, 2.24) is 4.98 Å². The molecule has 2 aromatic rings. The van der Waals surface area contributed by atoms with Gasteiger partial charge in [-0.1, -0.05) is 0 Å². The van der Waals surface area contributed by atoms with Gasteiger partial charge < -0.3 is 20.7 Å². The molecule has 8 heteroatoms. The van der Waals surface area contributed by atoms with E-state index in [1.807, 2.05) is 4.90 Å². The molecular weight excluding hydrogens is 339 g/mol. The average Bonchev–Trinajstić information content (AvgIpc) is 2.63. The third-order valence-corrected chi connectivity index (χ3v) is 4.17. The van der Waals surface area contributed by atoms with Crippen LogP contribution in [0.2, 0.25) is 0 Å². The van der Waals surface area contributed by atoms with Crippen LogP contribution in [0.4, 0.5) is 15.8 Å². The number of aromatic nitrogens is 1. The molecular formula is C18H19FN4O3. The van der Waals surface area contributed by atoms with Gasteiger partial charge in [0.1, 0.15) is 5.82 Å². The van der Waals surface area contributed by atoms with Crippen LogP contribution in [0.25, 0.3) is 0 Å². The van der Waals surface area contributed by atoms with Crippen molar-refractivity contribution in [3.8, 4) is 0 Å². The molecule has 0 bridgehead atoms. The van der Waals surface area contributed by atoms with E-state index >= 15 is 0 Å². The van der Waals surface area contributed by atoms with Gasteiger partial charge in [-0.25, -0.2) is 4.39 Å². The van der Waals surface area contributed by atoms with Gasteiger partial charge in [0.25, 0.3) is 11.8 Å². The molecule has 1 aromatic heterocycles. The number of nitrogens with two attached hydrogens (primary N) is 1. The van der Waals surface area contributed by atoms with Gasteiger partial charge in [0.15, 0.2) is 0 Å². The number of carbonyl (C=O) groups excluding carboxylic acids is 2. The Morgan fingerprint density at radius 1 is 1.23 bits per heavy atom. The molecule has 1 fully saturated rings. The number of carbonyl (C=O) groups is 2. The average molecular weight is 358 g/mol. The first-order chi connectivity index (χ1) is 12.5. The second-order valence-corrected chi connectivity index (χ2v) is 5.94. The molecule has 0 spiro atoms. The van der Waals surface area contributed by atoms with E-state index in [4.69, 9.17) is 10.5 Å². The summed E-state index contributed by atoms with van der Waals surface area (Å²) in [6.45, 7) is 3.97. The minimum absolute atomic E-state index is 0.202. The van der Waals surface area contributed by atoms with Crippen molar-refractivity contribution in [2.45, 2.75) is 6.92 Å². The van der Waals surface area contributed by atoms with Crippen molar-refractivity contribution < 1.29 is 18.7 Å². The number of morpholine rings is 1. The summed E-state index contributed by atoms with van der Waals surface area (Å²) in [7, 11) is 0. The Morgan fingerprint density at radius 3 is 2.65 bits per heavy atom. The number of rotatable bonds is 4. The number of nitrogens with zero attached hydrogens (tertiary/aromatic N) is 2. The van der Waals surface area contributed by atoms with Gasteiger partial charge in [-0.15, -0.1) is 0 Å². The number of anilines is 2. The van der Waals surface area contributed by atoms with Crippen LogP contribution in [0.5, 0.6) is 0 Å². The Hall–Kier alpha value is -3.00. The number of ether oxygens (including phenoxy) is 1. The molecule has 26 heavy (non-hydrogen) atoms. The number of hydrogen-bond donors (Lipinski definition) is 2. The van der Waals surface area contributed by atoms with E-state index in [0.717, 1.165) is 0 Å². The van der Waals surface area contributed by atoms with E-state index < -0.39 is 17.6 Å². The molecule has 0 unspecified atom stereocenters. The van der Waals surface area contributed by atoms with Crippen molar-refractivity contribution in [2.24, 2.45) is 5.73 Å². The smallest absolute Gasteiger partial charge is 0.257 e. The monoisotopic (exact) mass is 358 g/mol. The fraction of sp³-hybridized carbons (Fsp3) is 0.278. The van der Waals surface area contributed by atoms with Gasteiger partial charge >= 0.3 is 0 Å². The van der Waals surface area contributed by atoms with Crippen LogP contribution in [0.3, 0.4) is 0 Å². The summed E-state index contributed by atoms with van der Waals surface area (Å²) in [6.07, 6.45) is 1.42. The van der Waals surface area contributed by atoms with Gasteiger partial charge in [0, 0.05) is 18.8 Å². The molecule has 3 N–H and O–H groups in total. The number of amides is 2. The first-order valence-corrected chi connectivity index (χ1v) is 8.16. The summed E-state index contributed by atoms with van der Waals surface area (Å²) in [5.41, 5.74) is 7.13. The molecule has 0 saturated carbocycles. The quantitative estimate of drug-likeness (QED) is 0.867. The maximum absolute atomic E-state index is 13.7. The lowest BCUT2D eigenvalue weighted by molar-refractivity contribution is 0.0995. The predicted octanol–water partition coefficient (Wildman–Crippen LogP) is 1.72. The largest absolute Gasteiger partial charge is 0.378 e. The molecule has 7 nitrogen and oxygen atoms in total. The van der Waals surface area contributed by atoms with Crippen molar-refractivity contribution in [2.75, 3.05) is 36.5 Å². The minimum atomic E-state index is -0.633. The van der Waals surface area contributed by atoms with E-state index in [0.29, 0.717) is 43.4 Å². The molecule has 136 valence electrons. The summed E-state index contributed by atoms with van der Waals surface area (Å²) in [6, 6.07) is 5.55. The molecule has 1 aliphatic rings. The fourth-order valence-corrected chi connectivity index (χ4v) is 2.82. The molecule has 1 aliphatic heterocycles. The van der Waals surface area contributed by atoms with E-state index in [1.54, 1.807) is 13.0 Å². The molecule has 3 rings (SSSR count). The summed E-state index contributed by atoms with van der Waals surface area (Å²) in [5, 5.41) is 2.65. The van der Waals surface area contributed by atoms with Crippen LogP contribution >= 0.6 is 0 Å².